The van der Waals surface area contributed by atoms with Gasteiger partial charge in [0.2, 0.25) is 0 Å². The zero-order valence-corrected chi connectivity index (χ0v) is 16.2. The van der Waals surface area contributed by atoms with Gasteiger partial charge in [0.15, 0.2) is 0 Å². The number of methoxy groups -OCH3 is 1. The number of thiophene rings is 1. The predicted molar refractivity (Wildman–Crippen MR) is 104 cm³/mol. The van der Waals surface area contributed by atoms with Gasteiger partial charge < -0.3 is 9.47 Å². The van der Waals surface area contributed by atoms with Crippen LogP contribution in [0, 0.1) is 0 Å². The Morgan fingerprint density at radius 1 is 1.04 bits per heavy atom. The highest BCUT2D eigenvalue weighted by molar-refractivity contribution is 7.14. The van der Waals surface area contributed by atoms with E-state index in [-0.39, 0.29) is 5.91 Å². The molecule has 0 bridgehead atoms. The van der Waals surface area contributed by atoms with E-state index >= 15 is 0 Å². The maximum absolute atomic E-state index is 12.4. The molecule has 2 N–H and O–H groups in total. The Balaban J connectivity index is 1.60. The fraction of sp³-hybridized carbons (Fsp3) is 0.400. The summed E-state index contributed by atoms with van der Waals surface area (Å²) in [5, 5.41) is 0. The van der Waals surface area contributed by atoms with Crippen molar-refractivity contribution in [1.82, 2.24) is 10.9 Å². The van der Waals surface area contributed by atoms with Crippen LogP contribution in [0.4, 0.5) is 0 Å². The largest absolute Gasteiger partial charge is 0.490 e. The fourth-order valence-corrected chi connectivity index (χ4v) is 4.19. The van der Waals surface area contributed by atoms with Crippen LogP contribution in [0.3, 0.4) is 0 Å². The molecule has 0 saturated heterocycles. The molecular weight excluding hydrogens is 364 g/mol. The molecule has 27 heavy (non-hydrogen) atoms. The van der Waals surface area contributed by atoms with Crippen molar-refractivity contribution in [2.24, 2.45) is 0 Å². The van der Waals surface area contributed by atoms with E-state index < -0.39 is 5.91 Å². The SMILES string of the molecule is COCCOc1ccccc1C(=O)NNC(=O)c1cc2c(s1)CCCCC2. The van der Waals surface area contributed by atoms with Gasteiger partial charge in [-0.05, 0) is 49.4 Å². The van der Waals surface area contributed by atoms with Crippen LogP contribution in [0.25, 0.3) is 0 Å². The van der Waals surface area contributed by atoms with Crippen LogP contribution in [-0.2, 0) is 17.6 Å². The Morgan fingerprint density at radius 2 is 1.81 bits per heavy atom. The lowest BCUT2D eigenvalue weighted by atomic mass is 10.1. The highest BCUT2D eigenvalue weighted by Gasteiger charge is 2.18. The van der Waals surface area contributed by atoms with Gasteiger partial charge in [-0.3, -0.25) is 20.4 Å². The van der Waals surface area contributed by atoms with Gasteiger partial charge in [-0.25, -0.2) is 0 Å². The molecule has 0 atom stereocenters. The average molecular weight is 388 g/mol. The number of aryl methyl sites for hydroxylation is 2. The molecule has 1 aliphatic carbocycles. The summed E-state index contributed by atoms with van der Waals surface area (Å²) in [6.07, 6.45) is 5.64. The van der Waals surface area contributed by atoms with Gasteiger partial charge in [0.25, 0.3) is 11.8 Å². The van der Waals surface area contributed by atoms with Crippen LogP contribution in [-0.4, -0.2) is 32.1 Å². The molecule has 0 spiro atoms. The summed E-state index contributed by atoms with van der Waals surface area (Å²) in [5.74, 6) is -0.266. The number of nitrogens with one attached hydrogen (secondary N) is 2. The highest BCUT2D eigenvalue weighted by atomic mass is 32.1. The van der Waals surface area contributed by atoms with Crippen molar-refractivity contribution in [2.75, 3.05) is 20.3 Å². The van der Waals surface area contributed by atoms with E-state index in [1.807, 2.05) is 6.07 Å². The molecule has 1 aliphatic rings. The number of rotatable bonds is 6. The molecule has 0 saturated carbocycles. The minimum absolute atomic E-state index is 0.292. The maximum atomic E-state index is 12.4. The Hall–Kier alpha value is -2.38. The second-order valence-corrected chi connectivity index (χ2v) is 7.50. The molecule has 1 aromatic carbocycles. The van der Waals surface area contributed by atoms with Crippen molar-refractivity contribution in [1.29, 1.82) is 0 Å². The van der Waals surface area contributed by atoms with Crippen LogP contribution in [0.15, 0.2) is 30.3 Å². The van der Waals surface area contributed by atoms with Gasteiger partial charge in [0.05, 0.1) is 17.0 Å². The summed E-state index contributed by atoms with van der Waals surface area (Å²) >= 11 is 1.52. The zero-order chi connectivity index (χ0) is 19.1. The smallest absolute Gasteiger partial charge is 0.279 e. The summed E-state index contributed by atoms with van der Waals surface area (Å²) < 4.78 is 10.5. The summed E-state index contributed by atoms with van der Waals surface area (Å²) in [6.45, 7) is 0.767. The average Bonchev–Trinajstić information content (AvgIpc) is 2.97. The molecule has 1 aromatic heterocycles. The third kappa shape index (κ3) is 5.08. The van der Waals surface area contributed by atoms with Crippen molar-refractivity contribution >= 4 is 23.2 Å². The third-order valence-corrected chi connectivity index (χ3v) is 5.67. The number of benzene rings is 1. The number of amides is 2. The van der Waals surface area contributed by atoms with Crippen LogP contribution >= 0.6 is 11.3 Å². The third-order valence-electron chi connectivity index (χ3n) is 4.44. The molecule has 1 heterocycles. The van der Waals surface area contributed by atoms with Gasteiger partial charge >= 0.3 is 0 Å². The van der Waals surface area contributed by atoms with E-state index in [2.05, 4.69) is 10.9 Å². The summed E-state index contributed by atoms with van der Waals surface area (Å²) in [6, 6.07) is 8.85. The number of hydrogen-bond donors (Lipinski definition) is 2. The molecule has 0 unspecified atom stereocenters. The van der Waals surface area contributed by atoms with Crippen LogP contribution in [0.1, 0.15) is 49.7 Å². The number of hydrogen-bond acceptors (Lipinski definition) is 5. The number of hydrazine groups is 1. The first-order chi connectivity index (χ1) is 13.2. The Labute approximate surface area is 162 Å². The monoisotopic (exact) mass is 388 g/mol. The van der Waals surface area contributed by atoms with Crippen molar-refractivity contribution in [3.8, 4) is 5.75 Å². The number of fused-ring (bicyclic) bond motifs is 1. The Bertz CT molecular complexity index is 780. The first-order valence-electron chi connectivity index (χ1n) is 9.12. The maximum Gasteiger partial charge on any atom is 0.279 e. The standard InChI is InChI=1S/C20H24N2O4S/c1-25-11-12-26-16-9-6-5-8-15(16)19(23)21-22-20(24)18-13-14-7-3-2-4-10-17(14)27-18/h5-6,8-9,13H,2-4,7,10-12H2,1H3,(H,21,23)(H,22,24). The molecule has 2 amide bonds. The van der Waals surface area contributed by atoms with E-state index in [1.165, 1.54) is 41.0 Å². The lowest BCUT2D eigenvalue weighted by Gasteiger charge is -2.11. The molecule has 2 aromatic rings. The first-order valence-corrected chi connectivity index (χ1v) is 9.93. The Kier molecular flexibility index (Phi) is 6.84. The number of carbonyl (C=O) groups is 2. The first kappa shape index (κ1) is 19.4. The summed E-state index contributed by atoms with van der Waals surface area (Å²) in [4.78, 5) is 26.8. The lowest BCUT2D eigenvalue weighted by molar-refractivity contribution is 0.0845. The second kappa shape index (κ2) is 9.53. The molecule has 0 fully saturated rings. The molecular formula is C20H24N2O4S. The van der Waals surface area contributed by atoms with E-state index in [9.17, 15) is 9.59 Å². The molecule has 0 aliphatic heterocycles. The van der Waals surface area contributed by atoms with Crippen LogP contribution < -0.4 is 15.6 Å². The summed E-state index contributed by atoms with van der Waals surface area (Å²) in [5.41, 5.74) is 6.61. The minimum atomic E-state index is -0.422. The van der Waals surface area contributed by atoms with E-state index in [4.69, 9.17) is 9.47 Å². The number of carbonyl (C=O) groups excluding carboxylic acids is 2. The fourth-order valence-electron chi connectivity index (χ4n) is 3.04. The second-order valence-electron chi connectivity index (χ2n) is 6.37. The van der Waals surface area contributed by atoms with Gasteiger partial charge in [-0.2, -0.15) is 0 Å². The van der Waals surface area contributed by atoms with Gasteiger partial charge in [0, 0.05) is 12.0 Å². The van der Waals surface area contributed by atoms with Crippen molar-refractivity contribution in [2.45, 2.75) is 32.1 Å². The van der Waals surface area contributed by atoms with E-state index in [1.54, 1.807) is 31.4 Å². The molecule has 0 radical (unpaired) electrons. The highest BCUT2D eigenvalue weighted by Crippen LogP contribution is 2.28. The molecule has 7 heteroatoms. The topological polar surface area (TPSA) is 76.7 Å². The number of ether oxygens (including phenoxy) is 2. The molecule has 6 nitrogen and oxygen atoms in total. The van der Waals surface area contributed by atoms with Crippen LogP contribution in [0.2, 0.25) is 0 Å². The van der Waals surface area contributed by atoms with Crippen molar-refractivity contribution in [3.63, 3.8) is 0 Å². The van der Waals surface area contributed by atoms with Crippen molar-refractivity contribution < 1.29 is 19.1 Å². The van der Waals surface area contributed by atoms with E-state index in [0.717, 1.165) is 12.8 Å². The van der Waals surface area contributed by atoms with Crippen molar-refractivity contribution in [3.05, 3.63) is 51.2 Å². The molecule has 3 rings (SSSR count). The predicted octanol–water partition coefficient (Wildman–Crippen LogP) is 3.12. The zero-order valence-electron chi connectivity index (χ0n) is 15.4. The molecule has 144 valence electrons. The quantitative estimate of drug-likeness (QED) is 0.453. The van der Waals surface area contributed by atoms with Gasteiger partial charge in [-0.1, -0.05) is 18.6 Å². The van der Waals surface area contributed by atoms with E-state index in [0.29, 0.717) is 29.4 Å². The number of para-hydroxylation sites is 1. The van der Waals surface area contributed by atoms with Crippen LogP contribution in [0.5, 0.6) is 5.75 Å². The van der Waals surface area contributed by atoms with Gasteiger partial charge in [0.1, 0.15) is 12.4 Å². The lowest BCUT2D eigenvalue weighted by Crippen LogP contribution is -2.41. The minimum Gasteiger partial charge on any atom is -0.490 e. The summed E-state index contributed by atoms with van der Waals surface area (Å²) in [7, 11) is 1.58. The Morgan fingerprint density at radius 3 is 2.67 bits per heavy atom. The van der Waals surface area contributed by atoms with Gasteiger partial charge in [-0.15, -0.1) is 11.3 Å². The normalized spacial score (nSPS) is 13.4.